The van der Waals surface area contributed by atoms with E-state index in [0.717, 1.165) is 0 Å². The average molecular weight is 305 g/mol. The number of amides is 2. The number of hydrogen-bond donors (Lipinski definition) is 3. The maximum atomic E-state index is 12.9. The molecule has 1 aromatic rings. The van der Waals surface area contributed by atoms with E-state index in [1.54, 1.807) is 0 Å². The minimum absolute atomic E-state index is 0.0324. The summed E-state index contributed by atoms with van der Waals surface area (Å²) < 4.78 is 17.6. The molecule has 1 atom stereocenters. The summed E-state index contributed by atoms with van der Waals surface area (Å²) in [5.41, 5.74) is 0.619. The quantitative estimate of drug-likeness (QED) is 0.741. The molecule has 1 aromatic carbocycles. The molecule has 20 heavy (non-hydrogen) atoms. The largest absolute Gasteiger partial charge is 0.479 e. The Balaban J connectivity index is 2.39. The monoisotopic (exact) mass is 304 g/mol. The van der Waals surface area contributed by atoms with Crippen LogP contribution < -0.4 is 10.6 Å². The fourth-order valence-corrected chi connectivity index (χ4v) is 1.55. The molecule has 8 heteroatoms. The zero-order chi connectivity index (χ0) is 15.1. The number of rotatable bonds is 6. The third kappa shape index (κ3) is 5.02. The van der Waals surface area contributed by atoms with Crippen molar-refractivity contribution >= 4 is 23.6 Å². The number of nitrogens with one attached hydrogen (secondary N) is 2. The summed E-state index contributed by atoms with van der Waals surface area (Å²) in [4.78, 5) is 22.1. The highest BCUT2D eigenvalue weighted by atomic mass is 35.5. The van der Waals surface area contributed by atoms with Gasteiger partial charge in [-0.1, -0.05) is 17.7 Å². The Morgan fingerprint density at radius 2 is 2.15 bits per heavy atom. The van der Waals surface area contributed by atoms with E-state index < -0.39 is 23.9 Å². The Morgan fingerprint density at radius 3 is 2.70 bits per heavy atom. The Bertz CT molecular complexity index is 498. The number of aliphatic carboxylic acids is 1. The molecule has 2 amide bonds. The van der Waals surface area contributed by atoms with Gasteiger partial charge in [0.1, 0.15) is 5.82 Å². The molecule has 6 nitrogen and oxygen atoms in total. The van der Waals surface area contributed by atoms with E-state index in [2.05, 4.69) is 15.4 Å². The van der Waals surface area contributed by atoms with Crippen LogP contribution in [0.2, 0.25) is 5.02 Å². The van der Waals surface area contributed by atoms with E-state index >= 15 is 0 Å². The zero-order valence-corrected chi connectivity index (χ0v) is 11.4. The summed E-state index contributed by atoms with van der Waals surface area (Å²) in [5.74, 6) is -1.71. The first-order chi connectivity index (χ1) is 9.43. The van der Waals surface area contributed by atoms with Gasteiger partial charge in [0.25, 0.3) is 0 Å². The predicted octanol–water partition coefficient (Wildman–Crippen LogP) is 1.38. The molecule has 0 aliphatic carbocycles. The van der Waals surface area contributed by atoms with E-state index in [1.807, 2.05) is 0 Å². The molecule has 0 aromatic heterocycles. The highest BCUT2D eigenvalue weighted by Gasteiger charge is 2.16. The summed E-state index contributed by atoms with van der Waals surface area (Å²) in [7, 11) is 1.24. The molecule has 110 valence electrons. The van der Waals surface area contributed by atoms with E-state index in [4.69, 9.17) is 16.7 Å². The van der Waals surface area contributed by atoms with E-state index in [1.165, 1.54) is 25.3 Å². The molecule has 1 unspecified atom stereocenters. The molecule has 0 saturated carbocycles. The smallest absolute Gasteiger partial charge is 0.334 e. The van der Waals surface area contributed by atoms with Gasteiger partial charge in [-0.05, 0) is 17.7 Å². The second-order valence-corrected chi connectivity index (χ2v) is 4.28. The van der Waals surface area contributed by atoms with Gasteiger partial charge in [-0.25, -0.2) is 14.0 Å². The van der Waals surface area contributed by atoms with Gasteiger partial charge in [0.05, 0.1) is 11.6 Å². The first-order valence-electron chi connectivity index (χ1n) is 5.65. The highest BCUT2D eigenvalue weighted by molar-refractivity contribution is 6.30. The fourth-order valence-electron chi connectivity index (χ4n) is 1.35. The van der Waals surface area contributed by atoms with Crippen LogP contribution in [0.4, 0.5) is 9.18 Å². The van der Waals surface area contributed by atoms with E-state index in [-0.39, 0.29) is 18.1 Å². The summed E-state index contributed by atoms with van der Waals surface area (Å²) in [6, 6.07) is 3.51. The van der Waals surface area contributed by atoms with Crippen molar-refractivity contribution in [1.82, 2.24) is 10.6 Å². The molecule has 0 spiro atoms. The molecule has 3 N–H and O–H groups in total. The number of methoxy groups -OCH3 is 1. The third-order valence-electron chi connectivity index (χ3n) is 2.45. The lowest BCUT2D eigenvalue weighted by molar-refractivity contribution is -0.147. The fraction of sp³-hybridized carbons (Fsp3) is 0.333. The average Bonchev–Trinajstić information content (AvgIpc) is 2.40. The summed E-state index contributed by atoms with van der Waals surface area (Å²) in [6.07, 6.45) is -1.11. The van der Waals surface area contributed by atoms with Gasteiger partial charge >= 0.3 is 12.0 Å². The van der Waals surface area contributed by atoms with Crippen LogP contribution in [0.25, 0.3) is 0 Å². The van der Waals surface area contributed by atoms with Crippen LogP contribution in [0.3, 0.4) is 0 Å². The number of carbonyl (C=O) groups is 2. The Morgan fingerprint density at radius 1 is 1.45 bits per heavy atom. The normalized spacial score (nSPS) is 11.8. The second-order valence-electron chi connectivity index (χ2n) is 3.87. The van der Waals surface area contributed by atoms with Crippen LogP contribution in [0.15, 0.2) is 18.2 Å². The molecule has 0 radical (unpaired) electrons. The summed E-state index contributed by atoms with van der Waals surface area (Å²) in [6.45, 7) is -0.0294. The molecule has 0 aliphatic heterocycles. The van der Waals surface area contributed by atoms with Gasteiger partial charge in [-0.3, -0.25) is 0 Å². The highest BCUT2D eigenvalue weighted by Crippen LogP contribution is 2.15. The van der Waals surface area contributed by atoms with E-state index in [9.17, 15) is 14.0 Å². The van der Waals surface area contributed by atoms with Crippen LogP contribution in [0.5, 0.6) is 0 Å². The number of carbonyl (C=O) groups excluding carboxylic acids is 1. The zero-order valence-electron chi connectivity index (χ0n) is 10.7. The van der Waals surface area contributed by atoms with Crippen molar-refractivity contribution in [3.63, 3.8) is 0 Å². The molecule has 0 heterocycles. The minimum atomic E-state index is -1.17. The number of ether oxygens (including phenoxy) is 1. The van der Waals surface area contributed by atoms with Crippen LogP contribution >= 0.6 is 11.6 Å². The Kier molecular flexibility index (Phi) is 6.20. The lowest BCUT2D eigenvalue weighted by Crippen LogP contribution is -2.42. The van der Waals surface area contributed by atoms with Crippen molar-refractivity contribution in [2.75, 3.05) is 13.7 Å². The topological polar surface area (TPSA) is 87.7 Å². The molecule has 0 saturated heterocycles. The van der Waals surface area contributed by atoms with Crippen molar-refractivity contribution in [1.29, 1.82) is 0 Å². The van der Waals surface area contributed by atoms with Gasteiger partial charge in [0.15, 0.2) is 6.10 Å². The number of carboxylic acid groups (broad SMARTS) is 1. The first kappa shape index (κ1) is 16.2. The second kappa shape index (κ2) is 7.66. The van der Waals surface area contributed by atoms with Crippen LogP contribution in [-0.4, -0.2) is 36.9 Å². The van der Waals surface area contributed by atoms with Crippen molar-refractivity contribution < 1.29 is 23.8 Å². The minimum Gasteiger partial charge on any atom is -0.479 e. The number of halogens is 2. The molecular formula is C12H14ClFN2O4. The Labute approximate surface area is 119 Å². The van der Waals surface area contributed by atoms with Gasteiger partial charge in [-0.2, -0.15) is 0 Å². The maximum Gasteiger partial charge on any atom is 0.334 e. The Hall–Kier alpha value is -1.86. The standard InChI is InChI=1S/C12H14ClFN2O4/c1-20-10(11(17)18)6-16-12(19)15-5-7-2-3-9(14)8(13)4-7/h2-4,10H,5-6H2,1H3,(H,17,18)(H2,15,16,19). The van der Waals surface area contributed by atoms with Gasteiger partial charge in [0.2, 0.25) is 0 Å². The molecular weight excluding hydrogens is 291 g/mol. The maximum absolute atomic E-state index is 12.9. The van der Waals surface area contributed by atoms with Crippen molar-refractivity contribution in [3.8, 4) is 0 Å². The SMILES string of the molecule is COC(CNC(=O)NCc1ccc(F)c(Cl)c1)C(=O)O. The molecule has 0 bridgehead atoms. The lowest BCUT2D eigenvalue weighted by Gasteiger charge is -2.12. The van der Waals surface area contributed by atoms with E-state index in [0.29, 0.717) is 5.56 Å². The summed E-state index contributed by atoms with van der Waals surface area (Å²) in [5, 5.41) is 13.5. The molecule has 0 aliphatic rings. The van der Waals surface area contributed by atoms with Gasteiger partial charge < -0.3 is 20.5 Å². The number of hydrogen-bond acceptors (Lipinski definition) is 3. The first-order valence-corrected chi connectivity index (χ1v) is 6.03. The lowest BCUT2D eigenvalue weighted by atomic mass is 10.2. The molecule has 1 rings (SSSR count). The van der Waals surface area contributed by atoms with Crippen molar-refractivity contribution in [3.05, 3.63) is 34.6 Å². The van der Waals surface area contributed by atoms with Gasteiger partial charge in [0, 0.05) is 13.7 Å². The number of urea groups is 1. The van der Waals surface area contributed by atoms with Crippen LogP contribution in [0.1, 0.15) is 5.56 Å². The third-order valence-corrected chi connectivity index (χ3v) is 2.73. The van der Waals surface area contributed by atoms with Crippen LogP contribution in [0, 0.1) is 5.82 Å². The molecule has 0 fully saturated rings. The number of carboxylic acids is 1. The number of benzene rings is 1. The summed E-state index contributed by atoms with van der Waals surface area (Å²) >= 11 is 5.60. The van der Waals surface area contributed by atoms with Gasteiger partial charge in [-0.15, -0.1) is 0 Å². The predicted molar refractivity (Wildman–Crippen MR) is 70.1 cm³/mol. The van der Waals surface area contributed by atoms with Crippen LogP contribution in [-0.2, 0) is 16.1 Å². The van der Waals surface area contributed by atoms with Crippen molar-refractivity contribution in [2.45, 2.75) is 12.6 Å². The van der Waals surface area contributed by atoms with Crippen molar-refractivity contribution in [2.24, 2.45) is 0 Å².